The van der Waals surface area contributed by atoms with E-state index in [1.54, 1.807) is 0 Å². The first kappa shape index (κ1) is 13.6. The van der Waals surface area contributed by atoms with Crippen LogP contribution in [0.15, 0.2) is 30.3 Å². The maximum absolute atomic E-state index is 10.0. The van der Waals surface area contributed by atoms with Crippen molar-refractivity contribution >= 4 is 0 Å². The lowest BCUT2D eigenvalue weighted by Gasteiger charge is -2.31. The molecule has 0 bridgehead atoms. The summed E-state index contributed by atoms with van der Waals surface area (Å²) in [6.45, 7) is 2.32. The summed E-state index contributed by atoms with van der Waals surface area (Å²) < 4.78 is 0. The SMILES string of the molecule is CC1CCC(O)C(CCCCc2ccccc2)C1. The lowest BCUT2D eigenvalue weighted by atomic mass is 9.78. The molecule has 0 spiro atoms. The van der Waals surface area contributed by atoms with Crippen molar-refractivity contribution in [2.45, 2.75) is 58.0 Å². The van der Waals surface area contributed by atoms with Crippen LogP contribution in [0, 0.1) is 11.8 Å². The Hall–Kier alpha value is -0.820. The second-order valence-corrected chi connectivity index (χ2v) is 5.98. The van der Waals surface area contributed by atoms with Gasteiger partial charge in [-0.25, -0.2) is 0 Å². The van der Waals surface area contributed by atoms with Crippen molar-refractivity contribution < 1.29 is 5.11 Å². The Morgan fingerprint density at radius 1 is 1.11 bits per heavy atom. The van der Waals surface area contributed by atoms with Gasteiger partial charge in [-0.05, 0) is 55.9 Å². The van der Waals surface area contributed by atoms with Gasteiger partial charge in [0.15, 0.2) is 0 Å². The number of hydrogen-bond acceptors (Lipinski definition) is 1. The van der Waals surface area contributed by atoms with Crippen molar-refractivity contribution in [3.05, 3.63) is 35.9 Å². The summed E-state index contributed by atoms with van der Waals surface area (Å²) in [7, 11) is 0. The Morgan fingerprint density at radius 2 is 1.89 bits per heavy atom. The van der Waals surface area contributed by atoms with Crippen LogP contribution < -0.4 is 0 Å². The molecule has 1 saturated carbocycles. The average Bonchev–Trinajstić information content (AvgIpc) is 2.40. The van der Waals surface area contributed by atoms with E-state index in [4.69, 9.17) is 0 Å². The molecule has 0 saturated heterocycles. The fourth-order valence-electron chi connectivity index (χ4n) is 3.17. The summed E-state index contributed by atoms with van der Waals surface area (Å²) in [5, 5.41) is 10.0. The van der Waals surface area contributed by atoms with Crippen LogP contribution in [0.2, 0.25) is 0 Å². The molecule has 1 heteroatoms. The molecule has 1 fully saturated rings. The molecule has 100 valence electrons. The fourth-order valence-corrected chi connectivity index (χ4v) is 3.17. The highest BCUT2D eigenvalue weighted by atomic mass is 16.3. The number of aliphatic hydroxyl groups is 1. The van der Waals surface area contributed by atoms with Crippen LogP contribution >= 0.6 is 0 Å². The molecule has 1 aromatic rings. The van der Waals surface area contributed by atoms with Crippen LogP contribution in [0.3, 0.4) is 0 Å². The van der Waals surface area contributed by atoms with Gasteiger partial charge in [-0.3, -0.25) is 0 Å². The minimum absolute atomic E-state index is 0.0297. The van der Waals surface area contributed by atoms with Gasteiger partial charge in [0.05, 0.1) is 6.10 Å². The lowest BCUT2D eigenvalue weighted by molar-refractivity contribution is 0.0462. The Morgan fingerprint density at radius 3 is 2.67 bits per heavy atom. The number of rotatable bonds is 5. The summed E-state index contributed by atoms with van der Waals surface area (Å²) >= 11 is 0. The van der Waals surface area contributed by atoms with E-state index in [-0.39, 0.29) is 6.10 Å². The average molecular weight is 246 g/mol. The minimum Gasteiger partial charge on any atom is -0.393 e. The quantitative estimate of drug-likeness (QED) is 0.772. The molecule has 18 heavy (non-hydrogen) atoms. The number of unbranched alkanes of at least 4 members (excludes halogenated alkanes) is 1. The molecule has 1 N–H and O–H groups in total. The van der Waals surface area contributed by atoms with Gasteiger partial charge in [-0.15, -0.1) is 0 Å². The zero-order valence-electron chi connectivity index (χ0n) is 11.5. The monoisotopic (exact) mass is 246 g/mol. The Labute approximate surface area is 111 Å². The summed E-state index contributed by atoms with van der Waals surface area (Å²) in [4.78, 5) is 0. The maximum atomic E-state index is 10.0. The number of aliphatic hydroxyl groups excluding tert-OH is 1. The molecule has 1 aliphatic carbocycles. The first-order valence-electron chi connectivity index (χ1n) is 7.47. The molecule has 0 aromatic heterocycles. The molecule has 0 aliphatic heterocycles. The van der Waals surface area contributed by atoms with E-state index in [0.29, 0.717) is 5.92 Å². The van der Waals surface area contributed by atoms with E-state index in [1.165, 1.54) is 44.1 Å². The van der Waals surface area contributed by atoms with E-state index < -0.39 is 0 Å². The van der Waals surface area contributed by atoms with Crippen LogP contribution in [0.4, 0.5) is 0 Å². The van der Waals surface area contributed by atoms with Crippen molar-refractivity contribution in [1.82, 2.24) is 0 Å². The van der Waals surface area contributed by atoms with Gasteiger partial charge in [0.25, 0.3) is 0 Å². The summed E-state index contributed by atoms with van der Waals surface area (Å²) in [5.41, 5.74) is 1.44. The fraction of sp³-hybridized carbons (Fsp3) is 0.647. The Kier molecular flexibility index (Phi) is 5.25. The Balaban J connectivity index is 1.66. The highest BCUT2D eigenvalue weighted by Gasteiger charge is 2.26. The maximum Gasteiger partial charge on any atom is 0.0568 e. The lowest BCUT2D eigenvalue weighted by Crippen LogP contribution is -2.28. The second-order valence-electron chi connectivity index (χ2n) is 5.98. The topological polar surface area (TPSA) is 20.2 Å². The van der Waals surface area contributed by atoms with Crippen molar-refractivity contribution in [1.29, 1.82) is 0 Å². The number of aryl methyl sites for hydroxylation is 1. The Bertz CT molecular complexity index is 333. The highest BCUT2D eigenvalue weighted by Crippen LogP contribution is 2.32. The molecule has 0 amide bonds. The molecule has 0 radical (unpaired) electrons. The summed E-state index contributed by atoms with van der Waals surface area (Å²) in [6, 6.07) is 10.7. The van der Waals surface area contributed by atoms with Gasteiger partial charge in [0, 0.05) is 0 Å². The smallest absolute Gasteiger partial charge is 0.0568 e. The van der Waals surface area contributed by atoms with Crippen molar-refractivity contribution in [2.24, 2.45) is 11.8 Å². The third kappa shape index (κ3) is 4.13. The minimum atomic E-state index is -0.0297. The molecule has 1 aromatic carbocycles. The van der Waals surface area contributed by atoms with E-state index in [1.807, 2.05) is 0 Å². The molecular formula is C17H26O. The molecule has 2 rings (SSSR count). The molecule has 0 heterocycles. The van der Waals surface area contributed by atoms with Crippen LogP contribution in [0.1, 0.15) is 51.0 Å². The van der Waals surface area contributed by atoms with Crippen LogP contribution in [-0.4, -0.2) is 11.2 Å². The van der Waals surface area contributed by atoms with E-state index in [2.05, 4.69) is 37.3 Å². The van der Waals surface area contributed by atoms with Gasteiger partial charge in [-0.1, -0.05) is 43.7 Å². The first-order chi connectivity index (χ1) is 8.75. The molecule has 1 nitrogen and oxygen atoms in total. The second kappa shape index (κ2) is 6.94. The zero-order chi connectivity index (χ0) is 12.8. The first-order valence-corrected chi connectivity index (χ1v) is 7.47. The molecule has 3 atom stereocenters. The standard InChI is InChI=1S/C17H26O/c1-14-11-12-17(18)16(13-14)10-6-5-9-15-7-3-2-4-8-15/h2-4,7-8,14,16-18H,5-6,9-13H2,1H3. The summed E-state index contributed by atoms with van der Waals surface area (Å²) in [5.74, 6) is 1.37. The largest absolute Gasteiger partial charge is 0.393 e. The third-order valence-corrected chi connectivity index (χ3v) is 4.34. The van der Waals surface area contributed by atoms with Crippen molar-refractivity contribution in [3.63, 3.8) is 0 Å². The zero-order valence-corrected chi connectivity index (χ0v) is 11.5. The van der Waals surface area contributed by atoms with Gasteiger partial charge < -0.3 is 5.11 Å². The van der Waals surface area contributed by atoms with E-state index in [9.17, 15) is 5.11 Å². The van der Waals surface area contributed by atoms with E-state index in [0.717, 1.165) is 12.3 Å². The van der Waals surface area contributed by atoms with Crippen LogP contribution in [-0.2, 0) is 6.42 Å². The predicted molar refractivity (Wildman–Crippen MR) is 76.5 cm³/mol. The molecule has 3 unspecified atom stereocenters. The summed E-state index contributed by atoms with van der Waals surface area (Å²) in [6.07, 6.45) is 8.32. The number of benzene rings is 1. The number of hydrogen-bond donors (Lipinski definition) is 1. The van der Waals surface area contributed by atoms with Gasteiger partial charge in [0.2, 0.25) is 0 Å². The van der Waals surface area contributed by atoms with E-state index >= 15 is 0 Å². The van der Waals surface area contributed by atoms with Gasteiger partial charge >= 0.3 is 0 Å². The van der Waals surface area contributed by atoms with Crippen molar-refractivity contribution in [2.75, 3.05) is 0 Å². The van der Waals surface area contributed by atoms with Crippen molar-refractivity contribution in [3.8, 4) is 0 Å². The van der Waals surface area contributed by atoms with Crippen LogP contribution in [0.25, 0.3) is 0 Å². The van der Waals surface area contributed by atoms with Gasteiger partial charge in [0.1, 0.15) is 0 Å². The predicted octanol–water partition coefficient (Wildman–Crippen LogP) is 4.20. The molecule has 1 aliphatic rings. The van der Waals surface area contributed by atoms with Gasteiger partial charge in [-0.2, -0.15) is 0 Å². The normalized spacial score (nSPS) is 28.2. The third-order valence-electron chi connectivity index (χ3n) is 4.34. The highest BCUT2D eigenvalue weighted by molar-refractivity contribution is 5.14. The van der Waals surface area contributed by atoms with Crippen LogP contribution in [0.5, 0.6) is 0 Å². The molecular weight excluding hydrogens is 220 g/mol.